The van der Waals surface area contributed by atoms with Gasteiger partial charge in [0.05, 0.1) is 6.07 Å². The van der Waals surface area contributed by atoms with Crippen LogP contribution in [0.2, 0.25) is 0 Å². The molecule has 0 aromatic heterocycles. The summed E-state index contributed by atoms with van der Waals surface area (Å²) in [5.74, 6) is -0.0724. The number of hydrogen-bond donors (Lipinski definition) is 1. The Hall–Kier alpha value is -1.35. The van der Waals surface area contributed by atoms with Crippen molar-refractivity contribution in [2.75, 3.05) is 6.54 Å². The number of nitriles is 1. The molecule has 0 fully saturated rings. The molecule has 4 heteroatoms. The number of hydrogen-bond acceptors (Lipinski definition) is 3. The Morgan fingerprint density at radius 3 is 2.73 bits per heavy atom. The maximum atomic E-state index is 11.5. The molecule has 1 aromatic rings. The van der Waals surface area contributed by atoms with Gasteiger partial charge >= 0.3 is 0 Å². The summed E-state index contributed by atoms with van der Waals surface area (Å²) in [4.78, 5) is 11.5. The number of nitrogens with zero attached hydrogens (tertiary/aromatic N) is 1. The molecule has 1 rings (SSSR count). The Labute approximate surface area is 102 Å². The van der Waals surface area contributed by atoms with Crippen LogP contribution in [-0.2, 0) is 0 Å². The average Bonchev–Trinajstić information content (AvgIpc) is 2.25. The van der Waals surface area contributed by atoms with Crippen molar-refractivity contribution < 1.29 is 4.79 Å². The summed E-state index contributed by atoms with van der Waals surface area (Å²) in [7, 11) is 0. The molecule has 0 aliphatic rings. The molecule has 1 aromatic carbocycles. The quantitative estimate of drug-likeness (QED) is 0.305. The van der Waals surface area contributed by atoms with Crippen molar-refractivity contribution in [3.05, 3.63) is 45.7 Å². The fourth-order valence-corrected chi connectivity index (χ4v) is 1.31. The van der Waals surface area contributed by atoms with Gasteiger partial charge in [0.1, 0.15) is 6.54 Å². The summed E-state index contributed by atoms with van der Waals surface area (Å²) in [6.07, 6.45) is 2.91. The predicted octanol–water partition coefficient (Wildman–Crippen LogP) is 2.10. The number of benzene rings is 1. The summed E-state index contributed by atoms with van der Waals surface area (Å²) >= 11 is 2.18. The van der Waals surface area contributed by atoms with Crippen LogP contribution in [0.15, 0.2) is 36.5 Å². The number of ketones is 1. The Balaban J connectivity index is 2.58. The lowest BCUT2D eigenvalue weighted by Gasteiger charge is -1.95. The van der Waals surface area contributed by atoms with Gasteiger partial charge in [0.15, 0.2) is 5.78 Å². The van der Waals surface area contributed by atoms with E-state index < -0.39 is 0 Å². The third kappa shape index (κ3) is 4.13. The third-order valence-electron chi connectivity index (χ3n) is 1.66. The zero-order valence-electron chi connectivity index (χ0n) is 7.90. The van der Waals surface area contributed by atoms with Crippen molar-refractivity contribution in [3.8, 4) is 6.07 Å². The lowest BCUT2D eigenvalue weighted by atomic mass is 10.1. The minimum absolute atomic E-state index is 0.0724. The first-order valence-corrected chi connectivity index (χ1v) is 5.38. The minimum atomic E-state index is -0.0724. The number of nitrogens with one attached hydrogen (secondary N) is 1. The molecular weight excluding hydrogens is 303 g/mol. The maximum Gasteiger partial charge on any atom is 0.187 e. The largest absolute Gasteiger partial charge is 0.378 e. The number of rotatable bonds is 4. The summed E-state index contributed by atoms with van der Waals surface area (Å²) in [6, 6.07) is 9.23. The summed E-state index contributed by atoms with van der Waals surface area (Å²) in [6.45, 7) is 0.205. The van der Waals surface area contributed by atoms with Gasteiger partial charge < -0.3 is 5.32 Å². The molecule has 0 aliphatic heterocycles. The fraction of sp³-hybridized carbons (Fsp3) is 0.0909. The molecule has 0 saturated carbocycles. The second kappa shape index (κ2) is 6.19. The Morgan fingerprint density at radius 2 is 2.13 bits per heavy atom. The van der Waals surface area contributed by atoms with Gasteiger partial charge in [-0.1, -0.05) is 12.1 Å². The monoisotopic (exact) mass is 312 g/mol. The minimum Gasteiger partial charge on any atom is -0.378 e. The second-order valence-electron chi connectivity index (χ2n) is 2.74. The van der Waals surface area contributed by atoms with Gasteiger partial charge in [0.25, 0.3) is 0 Å². The Bertz CT molecular complexity index is 404. The van der Waals surface area contributed by atoms with Crippen molar-refractivity contribution in [1.29, 1.82) is 5.26 Å². The van der Waals surface area contributed by atoms with Gasteiger partial charge in [-0.05, 0) is 34.7 Å². The van der Waals surface area contributed by atoms with Crippen LogP contribution in [0.5, 0.6) is 0 Å². The SMILES string of the molecule is N#CCN/C=C\C(=O)c1ccc(I)cc1. The summed E-state index contributed by atoms with van der Waals surface area (Å²) in [5.41, 5.74) is 0.644. The van der Waals surface area contributed by atoms with Gasteiger partial charge in [-0.25, -0.2) is 0 Å². The number of carbonyl (C=O) groups excluding carboxylic acids is 1. The Kier molecular flexibility index (Phi) is 4.84. The highest BCUT2D eigenvalue weighted by Crippen LogP contribution is 2.07. The van der Waals surface area contributed by atoms with Gasteiger partial charge in [-0.2, -0.15) is 5.26 Å². The fourth-order valence-electron chi connectivity index (χ4n) is 0.950. The first-order chi connectivity index (χ1) is 7.24. The van der Waals surface area contributed by atoms with Crippen LogP contribution in [0.1, 0.15) is 10.4 Å². The number of allylic oxidation sites excluding steroid dienone is 1. The molecule has 0 bridgehead atoms. The van der Waals surface area contributed by atoms with E-state index in [1.165, 1.54) is 12.3 Å². The molecular formula is C11H9IN2O. The van der Waals surface area contributed by atoms with Crippen LogP contribution in [0.4, 0.5) is 0 Å². The zero-order chi connectivity index (χ0) is 11.1. The molecule has 0 amide bonds. The van der Waals surface area contributed by atoms with Crippen molar-refractivity contribution in [2.45, 2.75) is 0 Å². The van der Waals surface area contributed by atoms with Crippen LogP contribution in [0, 0.1) is 14.9 Å². The van der Waals surface area contributed by atoms with Gasteiger partial charge in [0.2, 0.25) is 0 Å². The topological polar surface area (TPSA) is 52.9 Å². The molecule has 0 aliphatic carbocycles. The number of halogens is 1. The zero-order valence-corrected chi connectivity index (χ0v) is 10.1. The predicted molar refractivity (Wildman–Crippen MR) is 66.2 cm³/mol. The van der Waals surface area contributed by atoms with E-state index in [4.69, 9.17) is 5.26 Å². The van der Waals surface area contributed by atoms with E-state index in [0.717, 1.165) is 3.57 Å². The van der Waals surface area contributed by atoms with E-state index >= 15 is 0 Å². The van der Waals surface area contributed by atoms with E-state index in [1.807, 2.05) is 18.2 Å². The number of carbonyl (C=O) groups is 1. The van der Waals surface area contributed by atoms with E-state index in [9.17, 15) is 4.79 Å². The molecule has 0 atom stereocenters. The van der Waals surface area contributed by atoms with E-state index in [0.29, 0.717) is 5.56 Å². The van der Waals surface area contributed by atoms with E-state index in [-0.39, 0.29) is 12.3 Å². The third-order valence-corrected chi connectivity index (χ3v) is 2.38. The average molecular weight is 312 g/mol. The first-order valence-electron chi connectivity index (χ1n) is 4.31. The van der Waals surface area contributed by atoms with Crippen LogP contribution in [0.3, 0.4) is 0 Å². The van der Waals surface area contributed by atoms with Crippen LogP contribution in [0.25, 0.3) is 0 Å². The van der Waals surface area contributed by atoms with Gasteiger partial charge in [0, 0.05) is 21.4 Å². The summed E-state index contributed by atoms with van der Waals surface area (Å²) in [5, 5.41) is 10.9. The highest BCUT2D eigenvalue weighted by Gasteiger charge is 1.99. The molecule has 76 valence electrons. The van der Waals surface area contributed by atoms with Crippen molar-refractivity contribution in [3.63, 3.8) is 0 Å². The van der Waals surface area contributed by atoms with Gasteiger partial charge in [-0.3, -0.25) is 4.79 Å². The van der Waals surface area contributed by atoms with E-state index in [1.54, 1.807) is 12.1 Å². The second-order valence-corrected chi connectivity index (χ2v) is 3.99. The van der Waals surface area contributed by atoms with Crippen LogP contribution < -0.4 is 5.32 Å². The molecule has 0 unspecified atom stereocenters. The highest BCUT2D eigenvalue weighted by molar-refractivity contribution is 14.1. The molecule has 15 heavy (non-hydrogen) atoms. The smallest absolute Gasteiger partial charge is 0.187 e. The van der Waals surface area contributed by atoms with Crippen LogP contribution >= 0.6 is 22.6 Å². The van der Waals surface area contributed by atoms with E-state index in [2.05, 4.69) is 27.9 Å². The molecule has 0 spiro atoms. The van der Waals surface area contributed by atoms with Crippen molar-refractivity contribution in [1.82, 2.24) is 5.32 Å². The van der Waals surface area contributed by atoms with Crippen molar-refractivity contribution in [2.24, 2.45) is 0 Å². The van der Waals surface area contributed by atoms with Crippen molar-refractivity contribution >= 4 is 28.4 Å². The highest BCUT2D eigenvalue weighted by atomic mass is 127. The lowest BCUT2D eigenvalue weighted by molar-refractivity contribution is 0.104. The summed E-state index contributed by atoms with van der Waals surface area (Å²) < 4.78 is 1.09. The molecule has 0 heterocycles. The Morgan fingerprint density at radius 1 is 1.47 bits per heavy atom. The first kappa shape index (κ1) is 11.7. The molecule has 3 nitrogen and oxygen atoms in total. The molecule has 1 N–H and O–H groups in total. The normalized spacial score (nSPS) is 9.87. The maximum absolute atomic E-state index is 11.5. The lowest BCUT2D eigenvalue weighted by Crippen LogP contribution is -2.05. The molecule has 0 saturated heterocycles. The standard InChI is InChI=1S/C11H9IN2O/c12-10-3-1-9(2-4-10)11(15)5-7-14-8-6-13/h1-5,7,14H,8H2/b7-5-. The molecule has 0 radical (unpaired) electrons. The van der Waals surface area contributed by atoms with Gasteiger partial charge in [-0.15, -0.1) is 0 Å². The van der Waals surface area contributed by atoms with Crippen LogP contribution in [-0.4, -0.2) is 12.3 Å².